The number of H-pyrrole nitrogens is 2. The van der Waals surface area contributed by atoms with Gasteiger partial charge in [-0.2, -0.15) is 0 Å². The molecule has 3 N–H and O–H groups in total. The molecular weight excluding hydrogens is 378 g/mol. The maximum absolute atomic E-state index is 11.9. The largest absolute Gasteiger partial charge is 0.379 e. The van der Waals surface area contributed by atoms with Gasteiger partial charge in [0.2, 0.25) is 0 Å². The van der Waals surface area contributed by atoms with Gasteiger partial charge in [0.15, 0.2) is 0 Å². The van der Waals surface area contributed by atoms with Crippen molar-refractivity contribution >= 4 is 55.3 Å². The Morgan fingerprint density at radius 3 is 2.71 bits per heavy atom. The molecule has 0 amide bonds. The molecule has 0 unspecified atom stereocenters. The van der Waals surface area contributed by atoms with E-state index in [0.29, 0.717) is 27.3 Å². The lowest BCUT2D eigenvalue weighted by Gasteiger charge is -2.07. The quantitative estimate of drug-likeness (QED) is 0.646. The number of benzene rings is 1. The molecule has 0 saturated heterocycles. The predicted molar refractivity (Wildman–Crippen MR) is 89.5 cm³/mol. The molecule has 2 aromatic heterocycles. The van der Waals surface area contributed by atoms with Crippen LogP contribution in [0.2, 0.25) is 4.34 Å². The van der Waals surface area contributed by atoms with E-state index in [-0.39, 0.29) is 11.1 Å². The first kappa shape index (κ1) is 14.4. The summed E-state index contributed by atoms with van der Waals surface area (Å²) in [5, 5.41) is 8.52. The summed E-state index contributed by atoms with van der Waals surface area (Å²) < 4.78 is 1.53. The summed E-state index contributed by atoms with van der Waals surface area (Å²) in [6.45, 7) is 0.515. The van der Waals surface area contributed by atoms with Gasteiger partial charge < -0.3 is 5.32 Å². The fraction of sp³-hybridized carbons (Fsp3) is 0.0769. The number of fused-ring (bicyclic) bond motifs is 1. The molecular formula is C13H9BrClN3O2S. The van der Waals surface area contributed by atoms with Crippen molar-refractivity contribution in [2.75, 3.05) is 5.32 Å². The van der Waals surface area contributed by atoms with E-state index < -0.39 is 0 Å². The number of halogens is 2. The molecule has 108 valence electrons. The zero-order valence-electron chi connectivity index (χ0n) is 10.5. The highest BCUT2D eigenvalue weighted by molar-refractivity contribution is 9.10. The van der Waals surface area contributed by atoms with E-state index in [9.17, 15) is 9.59 Å². The molecule has 0 aliphatic rings. The van der Waals surface area contributed by atoms with Crippen LogP contribution in [-0.4, -0.2) is 10.2 Å². The molecule has 3 rings (SSSR count). The Kier molecular flexibility index (Phi) is 3.88. The van der Waals surface area contributed by atoms with Crippen molar-refractivity contribution in [3.05, 3.63) is 58.7 Å². The molecule has 3 aromatic rings. The van der Waals surface area contributed by atoms with Gasteiger partial charge in [0.25, 0.3) is 11.1 Å². The first-order valence-electron chi connectivity index (χ1n) is 5.97. The van der Waals surface area contributed by atoms with Crippen molar-refractivity contribution in [3.8, 4) is 0 Å². The topological polar surface area (TPSA) is 77.8 Å². The molecule has 21 heavy (non-hydrogen) atoms. The van der Waals surface area contributed by atoms with Crippen molar-refractivity contribution in [1.82, 2.24) is 10.2 Å². The number of aromatic nitrogens is 2. The third kappa shape index (κ3) is 2.76. The number of rotatable bonds is 3. The molecule has 0 aliphatic heterocycles. The van der Waals surface area contributed by atoms with Gasteiger partial charge in [-0.15, -0.1) is 11.3 Å². The van der Waals surface area contributed by atoms with Crippen molar-refractivity contribution in [2.24, 2.45) is 0 Å². The van der Waals surface area contributed by atoms with Crippen LogP contribution in [0.3, 0.4) is 0 Å². The SMILES string of the molecule is O=c1[nH][nH]c(=O)c2c(NCc3cc(Br)c(Cl)s3)cccc12. The average molecular weight is 387 g/mol. The molecule has 0 radical (unpaired) electrons. The average Bonchev–Trinajstić information content (AvgIpc) is 2.79. The predicted octanol–water partition coefficient (Wildman–Crippen LogP) is 3.31. The zero-order chi connectivity index (χ0) is 15.0. The highest BCUT2D eigenvalue weighted by Crippen LogP contribution is 2.32. The minimum atomic E-state index is -0.335. The van der Waals surface area contributed by atoms with Crippen molar-refractivity contribution in [3.63, 3.8) is 0 Å². The lowest BCUT2D eigenvalue weighted by Crippen LogP contribution is -2.20. The highest BCUT2D eigenvalue weighted by atomic mass is 79.9. The van der Waals surface area contributed by atoms with Crippen molar-refractivity contribution < 1.29 is 0 Å². The first-order chi connectivity index (χ1) is 10.1. The summed E-state index contributed by atoms with van der Waals surface area (Å²) in [5.41, 5.74) is -0.0475. The van der Waals surface area contributed by atoms with Gasteiger partial charge in [-0.3, -0.25) is 19.8 Å². The lowest BCUT2D eigenvalue weighted by atomic mass is 10.1. The summed E-state index contributed by atoms with van der Waals surface area (Å²) in [4.78, 5) is 24.7. The highest BCUT2D eigenvalue weighted by Gasteiger charge is 2.09. The van der Waals surface area contributed by atoms with E-state index in [1.165, 1.54) is 11.3 Å². The number of anilines is 1. The first-order valence-corrected chi connectivity index (χ1v) is 7.96. The zero-order valence-corrected chi connectivity index (χ0v) is 13.7. The Balaban J connectivity index is 1.99. The van der Waals surface area contributed by atoms with E-state index in [4.69, 9.17) is 11.6 Å². The van der Waals surface area contributed by atoms with Crippen molar-refractivity contribution in [2.45, 2.75) is 6.54 Å². The van der Waals surface area contributed by atoms with Gasteiger partial charge in [-0.05, 0) is 34.1 Å². The molecule has 0 saturated carbocycles. The fourth-order valence-corrected chi connectivity index (χ4v) is 3.77. The second-order valence-corrected chi connectivity index (χ2v) is 6.92. The van der Waals surface area contributed by atoms with E-state index in [1.54, 1.807) is 18.2 Å². The maximum atomic E-state index is 11.9. The van der Waals surface area contributed by atoms with Gasteiger partial charge >= 0.3 is 0 Å². The van der Waals surface area contributed by atoms with Crippen LogP contribution in [0.15, 0.2) is 38.3 Å². The van der Waals surface area contributed by atoms with Gasteiger partial charge in [0.1, 0.15) is 4.34 Å². The van der Waals surface area contributed by atoms with Gasteiger partial charge in [-0.25, -0.2) is 0 Å². The van der Waals surface area contributed by atoms with Gasteiger partial charge in [-0.1, -0.05) is 17.7 Å². The molecule has 0 bridgehead atoms. The molecule has 1 aromatic carbocycles. The van der Waals surface area contributed by atoms with E-state index in [1.807, 2.05) is 6.07 Å². The van der Waals surface area contributed by atoms with Crippen LogP contribution in [-0.2, 0) is 6.54 Å². The number of hydrogen-bond donors (Lipinski definition) is 3. The molecule has 0 spiro atoms. The standard InChI is InChI=1S/C13H9BrClN3O2S/c14-8-4-6(21-11(8)15)5-16-9-3-1-2-7-10(9)13(20)18-17-12(7)19/h1-4,16H,5H2,(H,17,19)(H,18,20). The summed E-state index contributed by atoms with van der Waals surface area (Å²) in [6, 6.07) is 7.04. The second-order valence-electron chi connectivity index (χ2n) is 4.32. The smallest absolute Gasteiger partial charge is 0.272 e. The summed E-state index contributed by atoms with van der Waals surface area (Å²) in [5.74, 6) is 0. The third-order valence-electron chi connectivity index (χ3n) is 2.97. The monoisotopic (exact) mass is 385 g/mol. The molecule has 5 nitrogen and oxygen atoms in total. The normalized spacial score (nSPS) is 11.0. The Bertz CT molecular complexity index is 912. The summed E-state index contributed by atoms with van der Waals surface area (Å²) in [7, 11) is 0. The van der Waals surface area contributed by atoms with Crippen LogP contribution in [0.5, 0.6) is 0 Å². The molecule has 0 aliphatic carbocycles. The molecule has 0 atom stereocenters. The summed E-state index contributed by atoms with van der Waals surface area (Å²) in [6.07, 6.45) is 0. The molecule has 0 fully saturated rings. The number of hydrogen-bond acceptors (Lipinski definition) is 4. The van der Waals surface area contributed by atoms with Crippen LogP contribution in [0.1, 0.15) is 4.88 Å². The minimum Gasteiger partial charge on any atom is -0.379 e. The Labute approximate surface area is 136 Å². The molecule has 8 heteroatoms. The van der Waals surface area contributed by atoms with Crippen LogP contribution < -0.4 is 16.4 Å². The van der Waals surface area contributed by atoms with Gasteiger partial charge in [0.05, 0.1) is 10.8 Å². The fourth-order valence-electron chi connectivity index (χ4n) is 2.04. The van der Waals surface area contributed by atoms with Crippen LogP contribution >= 0.6 is 38.9 Å². The number of nitrogens with one attached hydrogen (secondary N) is 3. The number of thiophene rings is 1. The van der Waals surface area contributed by atoms with Crippen LogP contribution in [0, 0.1) is 0 Å². The van der Waals surface area contributed by atoms with Crippen LogP contribution in [0.25, 0.3) is 10.8 Å². The minimum absolute atomic E-state index is 0.324. The third-order valence-corrected chi connectivity index (χ3v) is 5.45. The maximum Gasteiger partial charge on any atom is 0.272 e. The lowest BCUT2D eigenvalue weighted by molar-refractivity contribution is 0.976. The van der Waals surface area contributed by atoms with Gasteiger partial charge in [0, 0.05) is 21.6 Å². The van der Waals surface area contributed by atoms with Crippen LogP contribution in [0.4, 0.5) is 5.69 Å². The number of aromatic amines is 2. The Hall–Kier alpha value is -1.57. The van der Waals surface area contributed by atoms with E-state index >= 15 is 0 Å². The summed E-state index contributed by atoms with van der Waals surface area (Å²) >= 11 is 10.8. The Morgan fingerprint density at radius 2 is 2.00 bits per heavy atom. The van der Waals surface area contributed by atoms with E-state index in [2.05, 4.69) is 31.4 Å². The Morgan fingerprint density at radius 1 is 1.24 bits per heavy atom. The van der Waals surface area contributed by atoms with E-state index in [0.717, 1.165) is 9.35 Å². The second kappa shape index (κ2) is 5.67. The molecule has 2 heterocycles. The van der Waals surface area contributed by atoms with Crippen molar-refractivity contribution in [1.29, 1.82) is 0 Å².